The number of rotatable bonds is 2. The normalized spacial score (nSPS) is 10.4. The maximum Gasteiger partial charge on any atom is 0.137 e. The van der Waals surface area contributed by atoms with Crippen molar-refractivity contribution in [3.8, 4) is 0 Å². The van der Waals surface area contributed by atoms with Crippen LogP contribution in [0.2, 0.25) is 0 Å². The van der Waals surface area contributed by atoms with Gasteiger partial charge in [-0.05, 0) is 42.8 Å². The number of hydrogen-bond acceptors (Lipinski definition) is 2. The van der Waals surface area contributed by atoms with Crippen molar-refractivity contribution in [1.29, 1.82) is 0 Å². The summed E-state index contributed by atoms with van der Waals surface area (Å²) in [5.41, 5.74) is 7.51. The minimum atomic E-state index is -0.193. The molecule has 0 spiro atoms. The average Bonchev–Trinajstić information content (AvgIpc) is 2.27. The third-order valence-electron chi connectivity index (χ3n) is 2.31. The molecular formula is C13H12FNS. The second-order valence-corrected chi connectivity index (χ2v) is 4.67. The van der Waals surface area contributed by atoms with E-state index in [0.29, 0.717) is 4.90 Å². The SMILES string of the molecule is Cc1cc(Sc2ccccc2F)ccc1N. The Morgan fingerprint density at radius 2 is 1.88 bits per heavy atom. The van der Waals surface area contributed by atoms with Crippen molar-refractivity contribution in [3.63, 3.8) is 0 Å². The van der Waals surface area contributed by atoms with Gasteiger partial charge in [0.15, 0.2) is 0 Å². The Morgan fingerprint density at radius 3 is 2.56 bits per heavy atom. The Morgan fingerprint density at radius 1 is 1.12 bits per heavy atom. The lowest BCUT2D eigenvalue weighted by molar-refractivity contribution is 0.602. The van der Waals surface area contributed by atoms with Crippen molar-refractivity contribution in [2.24, 2.45) is 0 Å². The van der Waals surface area contributed by atoms with Crippen molar-refractivity contribution in [2.45, 2.75) is 16.7 Å². The fourth-order valence-electron chi connectivity index (χ4n) is 1.37. The van der Waals surface area contributed by atoms with Gasteiger partial charge < -0.3 is 5.73 Å². The lowest BCUT2D eigenvalue weighted by Crippen LogP contribution is -1.89. The molecule has 1 nitrogen and oxygen atoms in total. The first-order chi connectivity index (χ1) is 7.66. The largest absolute Gasteiger partial charge is 0.399 e. The number of hydrogen-bond donors (Lipinski definition) is 1. The Labute approximate surface area is 98.5 Å². The van der Waals surface area contributed by atoms with E-state index >= 15 is 0 Å². The summed E-state index contributed by atoms with van der Waals surface area (Å²) in [5.74, 6) is -0.193. The highest BCUT2D eigenvalue weighted by atomic mass is 32.2. The van der Waals surface area contributed by atoms with Gasteiger partial charge in [0, 0.05) is 15.5 Å². The smallest absolute Gasteiger partial charge is 0.137 e. The Bertz CT molecular complexity index is 511. The molecule has 0 aliphatic carbocycles. The molecule has 0 radical (unpaired) electrons. The molecule has 0 unspecified atom stereocenters. The van der Waals surface area contributed by atoms with Crippen LogP contribution >= 0.6 is 11.8 Å². The third-order valence-corrected chi connectivity index (χ3v) is 3.35. The zero-order chi connectivity index (χ0) is 11.5. The second kappa shape index (κ2) is 4.58. The molecule has 0 bridgehead atoms. The minimum Gasteiger partial charge on any atom is -0.399 e. The Kier molecular flexibility index (Phi) is 3.15. The van der Waals surface area contributed by atoms with Crippen LogP contribution in [0, 0.1) is 12.7 Å². The zero-order valence-corrected chi connectivity index (χ0v) is 9.72. The first-order valence-electron chi connectivity index (χ1n) is 4.95. The molecule has 0 aliphatic heterocycles. The van der Waals surface area contributed by atoms with E-state index in [4.69, 9.17) is 5.73 Å². The van der Waals surface area contributed by atoms with Gasteiger partial charge >= 0.3 is 0 Å². The van der Waals surface area contributed by atoms with Crippen LogP contribution in [0.25, 0.3) is 0 Å². The average molecular weight is 233 g/mol. The topological polar surface area (TPSA) is 26.0 Å². The predicted octanol–water partition coefficient (Wildman–Crippen LogP) is 3.87. The molecule has 2 rings (SSSR count). The first-order valence-corrected chi connectivity index (χ1v) is 5.77. The van der Waals surface area contributed by atoms with Crippen LogP contribution in [0.5, 0.6) is 0 Å². The molecule has 2 N–H and O–H groups in total. The van der Waals surface area contributed by atoms with Crippen molar-refractivity contribution in [2.75, 3.05) is 5.73 Å². The maximum atomic E-state index is 13.4. The van der Waals surface area contributed by atoms with E-state index in [1.165, 1.54) is 17.8 Å². The summed E-state index contributed by atoms with van der Waals surface area (Å²) in [6.07, 6.45) is 0. The van der Waals surface area contributed by atoms with E-state index in [1.54, 1.807) is 12.1 Å². The van der Waals surface area contributed by atoms with Gasteiger partial charge in [0.05, 0.1) is 0 Å². The van der Waals surface area contributed by atoms with E-state index in [2.05, 4.69) is 0 Å². The van der Waals surface area contributed by atoms with Crippen molar-refractivity contribution in [3.05, 3.63) is 53.8 Å². The standard InChI is InChI=1S/C13H12FNS/c1-9-8-10(6-7-12(9)15)16-13-5-3-2-4-11(13)14/h2-8H,15H2,1H3. The van der Waals surface area contributed by atoms with Gasteiger partial charge in [0.25, 0.3) is 0 Å². The second-order valence-electron chi connectivity index (χ2n) is 3.55. The van der Waals surface area contributed by atoms with Crippen LogP contribution in [-0.2, 0) is 0 Å². The number of benzene rings is 2. The number of halogens is 1. The van der Waals surface area contributed by atoms with Gasteiger partial charge in [0.2, 0.25) is 0 Å². The highest BCUT2D eigenvalue weighted by Crippen LogP contribution is 2.31. The Balaban J connectivity index is 2.28. The molecule has 0 fully saturated rings. The molecule has 0 aliphatic rings. The number of nitrogen functional groups attached to an aromatic ring is 1. The summed E-state index contributed by atoms with van der Waals surface area (Å²) in [6.45, 7) is 1.95. The summed E-state index contributed by atoms with van der Waals surface area (Å²) < 4.78 is 13.4. The van der Waals surface area contributed by atoms with E-state index in [9.17, 15) is 4.39 Å². The van der Waals surface area contributed by atoms with Gasteiger partial charge in [-0.25, -0.2) is 4.39 Å². The summed E-state index contributed by atoms with van der Waals surface area (Å²) in [4.78, 5) is 1.63. The number of nitrogens with two attached hydrogens (primary N) is 1. The predicted molar refractivity (Wildman–Crippen MR) is 66.1 cm³/mol. The van der Waals surface area contributed by atoms with Crippen molar-refractivity contribution in [1.82, 2.24) is 0 Å². The van der Waals surface area contributed by atoms with Gasteiger partial charge in [-0.2, -0.15) is 0 Å². The molecule has 0 heterocycles. The van der Waals surface area contributed by atoms with Gasteiger partial charge in [0.1, 0.15) is 5.82 Å². The molecule has 0 amide bonds. The van der Waals surface area contributed by atoms with Gasteiger partial charge in [-0.3, -0.25) is 0 Å². The highest BCUT2D eigenvalue weighted by molar-refractivity contribution is 7.99. The van der Waals surface area contributed by atoms with Gasteiger partial charge in [-0.15, -0.1) is 0 Å². The molecule has 82 valence electrons. The van der Waals surface area contributed by atoms with Crippen molar-refractivity contribution >= 4 is 17.4 Å². The van der Waals surface area contributed by atoms with Crippen LogP contribution in [0.1, 0.15) is 5.56 Å². The Hall–Kier alpha value is -1.48. The molecular weight excluding hydrogens is 221 g/mol. The molecule has 0 aromatic heterocycles. The van der Waals surface area contributed by atoms with Crippen LogP contribution in [0.3, 0.4) is 0 Å². The molecule has 16 heavy (non-hydrogen) atoms. The van der Waals surface area contributed by atoms with Crippen LogP contribution in [-0.4, -0.2) is 0 Å². The molecule has 0 saturated heterocycles. The summed E-state index contributed by atoms with van der Waals surface area (Å²) in [7, 11) is 0. The monoisotopic (exact) mass is 233 g/mol. The van der Waals surface area contributed by atoms with E-state index in [0.717, 1.165) is 16.1 Å². The fourth-order valence-corrected chi connectivity index (χ4v) is 2.30. The number of anilines is 1. The quantitative estimate of drug-likeness (QED) is 0.797. The number of aryl methyl sites for hydroxylation is 1. The fraction of sp³-hybridized carbons (Fsp3) is 0.0769. The molecule has 0 saturated carbocycles. The maximum absolute atomic E-state index is 13.4. The molecule has 3 heteroatoms. The van der Waals surface area contributed by atoms with Crippen LogP contribution in [0.15, 0.2) is 52.3 Å². The van der Waals surface area contributed by atoms with E-state index in [-0.39, 0.29) is 5.82 Å². The summed E-state index contributed by atoms with van der Waals surface area (Å²) in [5, 5.41) is 0. The molecule has 2 aromatic rings. The first kappa shape index (κ1) is 11.0. The summed E-state index contributed by atoms with van der Waals surface area (Å²) >= 11 is 1.41. The molecule has 2 aromatic carbocycles. The zero-order valence-electron chi connectivity index (χ0n) is 8.91. The highest BCUT2D eigenvalue weighted by Gasteiger charge is 2.03. The lowest BCUT2D eigenvalue weighted by Gasteiger charge is -2.05. The molecule has 0 atom stereocenters. The van der Waals surface area contributed by atoms with Crippen LogP contribution in [0.4, 0.5) is 10.1 Å². The minimum absolute atomic E-state index is 0.193. The van der Waals surface area contributed by atoms with E-state index < -0.39 is 0 Å². The van der Waals surface area contributed by atoms with E-state index in [1.807, 2.05) is 31.2 Å². The van der Waals surface area contributed by atoms with Crippen LogP contribution < -0.4 is 5.73 Å². The van der Waals surface area contributed by atoms with Gasteiger partial charge in [-0.1, -0.05) is 23.9 Å². The lowest BCUT2D eigenvalue weighted by atomic mass is 10.2. The van der Waals surface area contributed by atoms with Crippen molar-refractivity contribution < 1.29 is 4.39 Å². The third kappa shape index (κ3) is 2.36. The summed E-state index contributed by atoms with van der Waals surface area (Å²) in [6, 6.07) is 12.5.